The van der Waals surface area contributed by atoms with Crippen LogP contribution in [-0.4, -0.2) is 34.7 Å². The largest absolute Gasteiger partial charge is 0.391 e. The second kappa shape index (κ2) is 4.38. The molecule has 0 saturated heterocycles. The maximum absolute atomic E-state index is 9.87. The van der Waals surface area contributed by atoms with Gasteiger partial charge >= 0.3 is 0 Å². The number of nitrogens with two attached hydrogens (primary N) is 1. The van der Waals surface area contributed by atoms with Gasteiger partial charge in [-0.05, 0) is 6.92 Å². The van der Waals surface area contributed by atoms with Gasteiger partial charge in [-0.2, -0.15) is 0 Å². The third kappa shape index (κ3) is 2.91. The molecule has 3 atom stereocenters. The van der Waals surface area contributed by atoms with Crippen LogP contribution in [0.2, 0.25) is 0 Å². The molecule has 0 heterocycles. The van der Waals surface area contributed by atoms with E-state index in [1.807, 2.05) is 0 Å². The fourth-order valence-corrected chi connectivity index (χ4v) is 0.608. The third-order valence-corrected chi connectivity index (χ3v) is 1.30. The Bertz CT molecular complexity index is 105. The molecule has 0 radical (unpaired) electrons. The lowest BCUT2D eigenvalue weighted by Crippen LogP contribution is -2.41. The molecule has 0 aliphatic rings. The summed E-state index contributed by atoms with van der Waals surface area (Å²) in [6, 6.07) is -0.655. The predicted molar refractivity (Wildman–Crippen MR) is 36.3 cm³/mol. The van der Waals surface area contributed by atoms with Gasteiger partial charge in [0.2, 0.25) is 0 Å². The maximum atomic E-state index is 9.87. The van der Waals surface area contributed by atoms with Gasteiger partial charge in [0, 0.05) is 12.5 Å². The van der Waals surface area contributed by atoms with Crippen molar-refractivity contribution < 1.29 is 15.0 Å². The molecule has 3 unspecified atom stereocenters. The molecule has 4 heteroatoms. The summed E-state index contributed by atoms with van der Waals surface area (Å²) in [5, 5.41) is 17.8. The van der Waals surface area contributed by atoms with E-state index >= 15 is 0 Å². The van der Waals surface area contributed by atoms with Gasteiger partial charge in [0.1, 0.15) is 6.29 Å². The van der Waals surface area contributed by atoms with Crippen molar-refractivity contribution in [2.24, 2.45) is 5.73 Å². The summed E-state index contributed by atoms with van der Waals surface area (Å²) >= 11 is 0. The Hall–Kier alpha value is -0.450. The number of carbonyl (C=O) groups excluding carboxylic acids is 1. The molecule has 60 valence electrons. The second-order valence-electron chi connectivity index (χ2n) is 2.30. The summed E-state index contributed by atoms with van der Waals surface area (Å²) in [5.41, 5.74) is 5.29. The number of aliphatic hydroxyl groups excluding tert-OH is 2. The molecule has 0 aromatic heterocycles. The van der Waals surface area contributed by atoms with Gasteiger partial charge < -0.3 is 20.7 Å². The second-order valence-corrected chi connectivity index (χ2v) is 2.30. The lowest BCUT2D eigenvalue weighted by molar-refractivity contribution is -0.109. The van der Waals surface area contributed by atoms with E-state index in [0.717, 1.165) is 0 Å². The van der Waals surface area contributed by atoms with Crippen molar-refractivity contribution >= 4 is 6.29 Å². The van der Waals surface area contributed by atoms with Gasteiger partial charge in [0.05, 0.1) is 12.2 Å². The van der Waals surface area contributed by atoms with Crippen LogP contribution >= 0.6 is 0 Å². The van der Waals surface area contributed by atoms with Crippen molar-refractivity contribution in [1.82, 2.24) is 0 Å². The van der Waals surface area contributed by atoms with Crippen LogP contribution in [0.1, 0.15) is 13.3 Å². The molecule has 0 aromatic rings. The Morgan fingerprint density at radius 2 is 2.10 bits per heavy atom. The van der Waals surface area contributed by atoms with Crippen LogP contribution in [0.15, 0.2) is 0 Å². The highest BCUT2D eigenvalue weighted by Gasteiger charge is 2.18. The van der Waals surface area contributed by atoms with Crippen LogP contribution in [0.4, 0.5) is 0 Å². The summed E-state index contributed by atoms with van der Waals surface area (Å²) in [6.07, 6.45) is -1.19. The van der Waals surface area contributed by atoms with E-state index in [2.05, 4.69) is 0 Å². The van der Waals surface area contributed by atoms with Crippen molar-refractivity contribution in [1.29, 1.82) is 0 Å². The van der Waals surface area contributed by atoms with Gasteiger partial charge in [0.15, 0.2) is 0 Å². The van der Waals surface area contributed by atoms with E-state index in [1.54, 1.807) is 0 Å². The molecular formula is C6H13NO3. The monoisotopic (exact) mass is 147 g/mol. The zero-order valence-corrected chi connectivity index (χ0v) is 5.90. The first-order chi connectivity index (χ1) is 4.59. The van der Waals surface area contributed by atoms with Crippen LogP contribution in [-0.2, 0) is 4.79 Å². The lowest BCUT2D eigenvalue weighted by Gasteiger charge is -2.18. The van der Waals surface area contributed by atoms with Gasteiger partial charge in [-0.1, -0.05) is 0 Å². The molecule has 10 heavy (non-hydrogen) atoms. The number of aldehydes is 1. The minimum absolute atomic E-state index is 0.0755. The summed E-state index contributed by atoms with van der Waals surface area (Å²) in [6.45, 7) is 1.43. The van der Waals surface area contributed by atoms with Crippen molar-refractivity contribution in [3.63, 3.8) is 0 Å². The molecule has 0 spiro atoms. The molecule has 0 aromatic carbocycles. The predicted octanol–water partition coefficient (Wildman–Crippen LogP) is -1.36. The molecule has 4 nitrogen and oxygen atoms in total. The average Bonchev–Trinajstić information content (AvgIpc) is 1.87. The van der Waals surface area contributed by atoms with E-state index < -0.39 is 18.2 Å². The van der Waals surface area contributed by atoms with Crippen molar-refractivity contribution in [3.8, 4) is 0 Å². The molecule has 0 fully saturated rings. The molecular weight excluding hydrogens is 134 g/mol. The highest BCUT2D eigenvalue weighted by molar-refractivity contribution is 5.50. The Balaban J connectivity index is 3.68. The van der Waals surface area contributed by atoms with Crippen LogP contribution in [0.25, 0.3) is 0 Å². The maximum Gasteiger partial charge on any atom is 0.121 e. The first-order valence-corrected chi connectivity index (χ1v) is 3.15. The molecule has 0 rings (SSSR count). The number of rotatable bonds is 4. The molecule has 0 aliphatic heterocycles. The van der Waals surface area contributed by atoms with Crippen molar-refractivity contribution in [2.75, 3.05) is 0 Å². The summed E-state index contributed by atoms with van der Waals surface area (Å²) in [4.78, 5) is 9.87. The SMILES string of the molecule is CC(O)C(O)C(N)CC=O. The fraction of sp³-hybridized carbons (Fsp3) is 0.833. The summed E-state index contributed by atoms with van der Waals surface area (Å²) in [7, 11) is 0. The van der Waals surface area contributed by atoms with E-state index in [9.17, 15) is 4.79 Å². The van der Waals surface area contributed by atoms with Crippen molar-refractivity contribution in [3.05, 3.63) is 0 Å². The highest BCUT2D eigenvalue weighted by atomic mass is 16.3. The number of carbonyl (C=O) groups is 1. The zero-order chi connectivity index (χ0) is 8.15. The van der Waals surface area contributed by atoms with Crippen LogP contribution in [0.3, 0.4) is 0 Å². The van der Waals surface area contributed by atoms with Crippen molar-refractivity contribution in [2.45, 2.75) is 31.6 Å². The van der Waals surface area contributed by atoms with Crippen LogP contribution in [0, 0.1) is 0 Å². The molecule has 0 bridgehead atoms. The fourth-order valence-electron chi connectivity index (χ4n) is 0.608. The quantitative estimate of drug-likeness (QED) is 0.429. The highest BCUT2D eigenvalue weighted by Crippen LogP contribution is 1.98. The Morgan fingerprint density at radius 3 is 2.40 bits per heavy atom. The van der Waals surface area contributed by atoms with Gasteiger partial charge in [-0.25, -0.2) is 0 Å². The number of aliphatic hydroxyl groups is 2. The smallest absolute Gasteiger partial charge is 0.121 e. The van der Waals surface area contributed by atoms with Crippen LogP contribution in [0.5, 0.6) is 0 Å². The standard InChI is InChI=1S/C6H13NO3/c1-4(9)6(10)5(7)2-3-8/h3-6,9-10H,2,7H2,1H3. The average molecular weight is 147 g/mol. The van der Waals surface area contributed by atoms with E-state index in [-0.39, 0.29) is 6.42 Å². The normalized spacial score (nSPS) is 19.6. The molecule has 0 aliphatic carbocycles. The molecule has 0 saturated carbocycles. The van der Waals surface area contributed by atoms with Gasteiger partial charge in [0.25, 0.3) is 0 Å². The minimum Gasteiger partial charge on any atom is -0.391 e. The Labute approximate surface area is 59.7 Å². The zero-order valence-electron chi connectivity index (χ0n) is 5.90. The first-order valence-electron chi connectivity index (χ1n) is 3.15. The summed E-state index contributed by atoms with van der Waals surface area (Å²) in [5.74, 6) is 0. The topological polar surface area (TPSA) is 83.6 Å². The Morgan fingerprint density at radius 1 is 1.60 bits per heavy atom. The number of hydrogen-bond acceptors (Lipinski definition) is 4. The first kappa shape index (κ1) is 9.55. The lowest BCUT2D eigenvalue weighted by atomic mass is 10.1. The van der Waals surface area contributed by atoms with E-state index in [4.69, 9.17) is 15.9 Å². The third-order valence-electron chi connectivity index (χ3n) is 1.30. The summed E-state index contributed by atoms with van der Waals surface area (Å²) < 4.78 is 0. The minimum atomic E-state index is -1.01. The molecule has 4 N–H and O–H groups in total. The van der Waals surface area contributed by atoms with E-state index in [1.165, 1.54) is 6.92 Å². The Kier molecular flexibility index (Phi) is 4.18. The molecule has 0 amide bonds. The van der Waals surface area contributed by atoms with Gasteiger partial charge in [-0.15, -0.1) is 0 Å². The van der Waals surface area contributed by atoms with E-state index in [0.29, 0.717) is 6.29 Å². The van der Waals surface area contributed by atoms with Crippen LogP contribution < -0.4 is 5.73 Å². The van der Waals surface area contributed by atoms with Gasteiger partial charge in [-0.3, -0.25) is 0 Å². The number of hydrogen-bond donors (Lipinski definition) is 3.